The Labute approximate surface area is 102 Å². The van der Waals surface area contributed by atoms with Crippen molar-refractivity contribution in [3.63, 3.8) is 0 Å². The first-order valence-electron chi connectivity index (χ1n) is 5.45. The molecule has 0 aliphatic rings. The van der Waals surface area contributed by atoms with E-state index in [4.69, 9.17) is 0 Å². The van der Waals surface area contributed by atoms with Gasteiger partial charge in [0.15, 0.2) is 11.8 Å². The fourth-order valence-electron chi connectivity index (χ4n) is 2.11. The van der Waals surface area contributed by atoms with E-state index in [1.54, 1.807) is 19.2 Å². The molecule has 0 saturated heterocycles. The minimum atomic E-state index is -0.303. The lowest BCUT2D eigenvalue weighted by Crippen LogP contribution is -1.82. The molecule has 0 saturated carbocycles. The number of aromatic amines is 2. The highest BCUT2D eigenvalue weighted by molar-refractivity contribution is 5.97. The van der Waals surface area contributed by atoms with Crippen molar-refractivity contribution >= 4 is 10.9 Å². The van der Waals surface area contributed by atoms with E-state index < -0.39 is 0 Å². The lowest BCUT2D eigenvalue weighted by molar-refractivity contribution is 0.426. The molecule has 3 aromatic rings. The standard InChI is InChI=1S/C13H11FN2O2/c1-6-2-11-7(3-10(6)14)9(5-15-11)8-4-12(17)16-13(8)18/h2-5,15-18H,1H3. The normalized spacial score (nSPS) is 11.2. The Kier molecular flexibility index (Phi) is 2.10. The molecule has 5 heteroatoms. The van der Waals surface area contributed by atoms with Crippen molar-refractivity contribution in [2.24, 2.45) is 0 Å². The van der Waals surface area contributed by atoms with Gasteiger partial charge in [0, 0.05) is 34.3 Å². The zero-order valence-corrected chi connectivity index (χ0v) is 9.58. The molecular formula is C13H11FN2O2. The fraction of sp³-hybridized carbons (Fsp3) is 0.0769. The third kappa shape index (κ3) is 1.44. The molecule has 0 unspecified atom stereocenters. The lowest BCUT2D eigenvalue weighted by atomic mass is 10.1. The number of aromatic nitrogens is 2. The van der Waals surface area contributed by atoms with Gasteiger partial charge in [-0.1, -0.05) is 0 Å². The van der Waals surface area contributed by atoms with Crippen LogP contribution < -0.4 is 0 Å². The van der Waals surface area contributed by atoms with Crippen molar-refractivity contribution in [3.8, 4) is 22.9 Å². The second-order valence-electron chi connectivity index (χ2n) is 4.27. The Morgan fingerprint density at radius 1 is 1.11 bits per heavy atom. The van der Waals surface area contributed by atoms with E-state index in [2.05, 4.69) is 9.97 Å². The number of halogens is 1. The van der Waals surface area contributed by atoms with E-state index >= 15 is 0 Å². The van der Waals surface area contributed by atoms with Crippen molar-refractivity contribution in [2.45, 2.75) is 6.92 Å². The summed E-state index contributed by atoms with van der Waals surface area (Å²) in [6.45, 7) is 1.69. The summed E-state index contributed by atoms with van der Waals surface area (Å²) in [4.78, 5) is 5.41. The number of nitrogens with one attached hydrogen (secondary N) is 2. The van der Waals surface area contributed by atoms with Crippen LogP contribution in [0.3, 0.4) is 0 Å². The van der Waals surface area contributed by atoms with Crippen molar-refractivity contribution in [1.29, 1.82) is 0 Å². The first-order chi connectivity index (χ1) is 8.56. The highest BCUT2D eigenvalue weighted by Crippen LogP contribution is 2.37. The summed E-state index contributed by atoms with van der Waals surface area (Å²) in [5.41, 5.74) is 2.40. The summed E-state index contributed by atoms with van der Waals surface area (Å²) in [6, 6.07) is 4.52. The van der Waals surface area contributed by atoms with Gasteiger partial charge >= 0.3 is 0 Å². The molecule has 3 rings (SSSR count). The maximum atomic E-state index is 13.6. The molecule has 2 aromatic heterocycles. The lowest BCUT2D eigenvalue weighted by Gasteiger charge is -1.99. The number of H-pyrrole nitrogens is 2. The van der Waals surface area contributed by atoms with Crippen LogP contribution in [-0.4, -0.2) is 20.2 Å². The second kappa shape index (κ2) is 3.53. The highest BCUT2D eigenvalue weighted by Gasteiger charge is 2.14. The average Bonchev–Trinajstić information content (AvgIpc) is 2.83. The highest BCUT2D eigenvalue weighted by atomic mass is 19.1. The van der Waals surface area contributed by atoms with Crippen LogP contribution in [0.4, 0.5) is 4.39 Å². The van der Waals surface area contributed by atoms with Gasteiger partial charge in [0.1, 0.15) is 5.82 Å². The van der Waals surface area contributed by atoms with E-state index in [0.29, 0.717) is 22.1 Å². The summed E-state index contributed by atoms with van der Waals surface area (Å²) in [6.07, 6.45) is 1.67. The SMILES string of the molecule is Cc1cc2[nH]cc(-c3cc(O)[nH]c3O)c2cc1F. The Morgan fingerprint density at radius 2 is 1.89 bits per heavy atom. The number of hydrogen-bond acceptors (Lipinski definition) is 2. The number of benzene rings is 1. The van der Waals surface area contributed by atoms with Gasteiger partial charge in [0.2, 0.25) is 0 Å². The van der Waals surface area contributed by atoms with E-state index in [-0.39, 0.29) is 17.6 Å². The van der Waals surface area contributed by atoms with Crippen LogP contribution >= 0.6 is 0 Å². The van der Waals surface area contributed by atoms with Crippen LogP contribution in [0.15, 0.2) is 24.4 Å². The Bertz CT molecular complexity index is 743. The van der Waals surface area contributed by atoms with Gasteiger partial charge in [0.05, 0.1) is 0 Å². The largest absolute Gasteiger partial charge is 0.494 e. The molecule has 2 heterocycles. The molecule has 0 radical (unpaired) electrons. The smallest absolute Gasteiger partial charge is 0.199 e. The molecule has 4 N–H and O–H groups in total. The van der Waals surface area contributed by atoms with Crippen molar-refractivity contribution < 1.29 is 14.6 Å². The van der Waals surface area contributed by atoms with Crippen LogP contribution in [0.25, 0.3) is 22.0 Å². The summed E-state index contributed by atoms with van der Waals surface area (Å²) in [5, 5.41) is 19.6. The van der Waals surface area contributed by atoms with Crippen LogP contribution in [0.1, 0.15) is 5.56 Å². The van der Waals surface area contributed by atoms with Crippen molar-refractivity contribution in [2.75, 3.05) is 0 Å². The zero-order valence-electron chi connectivity index (χ0n) is 9.58. The van der Waals surface area contributed by atoms with Crippen molar-refractivity contribution in [1.82, 2.24) is 9.97 Å². The number of fused-ring (bicyclic) bond motifs is 1. The van der Waals surface area contributed by atoms with Crippen LogP contribution in [0.2, 0.25) is 0 Å². The summed E-state index contributed by atoms with van der Waals surface area (Å²) in [5.74, 6) is -0.582. The summed E-state index contributed by atoms with van der Waals surface area (Å²) < 4.78 is 13.6. The zero-order chi connectivity index (χ0) is 12.9. The molecule has 1 aromatic carbocycles. The predicted molar refractivity (Wildman–Crippen MR) is 66.1 cm³/mol. The quantitative estimate of drug-likeness (QED) is 0.533. The molecule has 0 amide bonds. The third-order valence-corrected chi connectivity index (χ3v) is 3.03. The third-order valence-electron chi connectivity index (χ3n) is 3.03. The fourth-order valence-corrected chi connectivity index (χ4v) is 2.11. The first-order valence-corrected chi connectivity index (χ1v) is 5.45. The van der Waals surface area contributed by atoms with Gasteiger partial charge in [-0.05, 0) is 24.6 Å². The van der Waals surface area contributed by atoms with E-state index in [0.717, 1.165) is 5.52 Å². The predicted octanol–water partition coefficient (Wildman–Crippen LogP) is 3.02. The molecule has 0 fully saturated rings. The number of rotatable bonds is 1. The molecule has 0 aliphatic carbocycles. The van der Waals surface area contributed by atoms with Gasteiger partial charge < -0.3 is 15.2 Å². The number of hydrogen-bond donors (Lipinski definition) is 4. The summed E-state index contributed by atoms with van der Waals surface area (Å²) in [7, 11) is 0. The van der Waals surface area contributed by atoms with Gasteiger partial charge in [-0.25, -0.2) is 4.39 Å². The molecule has 92 valence electrons. The van der Waals surface area contributed by atoms with Crippen LogP contribution in [0.5, 0.6) is 11.8 Å². The second-order valence-corrected chi connectivity index (χ2v) is 4.27. The first kappa shape index (κ1) is 10.7. The molecule has 0 aliphatic heterocycles. The molecule has 4 nitrogen and oxygen atoms in total. The van der Waals surface area contributed by atoms with Crippen molar-refractivity contribution in [3.05, 3.63) is 35.8 Å². The summed E-state index contributed by atoms with van der Waals surface area (Å²) >= 11 is 0. The van der Waals surface area contributed by atoms with E-state index in [1.807, 2.05) is 0 Å². The van der Waals surface area contributed by atoms with Gasteiger partial charge in [0.25, 0.3) is 0 Å². The van der Waals surface area contributed by atoms with Crippen LogP contribution in [0, 0.1) is 12.7 Å². The number of aromatic hydroxyl groups is 2. The molecule has 0 atom stereocenters. The maximum absolute atomic E-state index is 13.6. The van der Waals surface area contributed by atoms with E-state index in [1.165, 1.54) is 12.1 Å². The monoisotopic (exact) mass is 246 g/mol. The van der Waals surface area contributed by atoms with Gasteiger partial charge in [-0.15, -0.1) is 0 Å². The topological polar surface area (TPSA) is 72.0 Å². The van der Waals surface area contributed by atoms with Crippen LogP contribution in [-0.2, 0) is 0 Å². The average molecular weight is 246 g/mol. The molecule has 18 heavy (non-hydrogen) atoms. The molecule has 0 bridgehead atoms. The minimum Gasteiger partial charge on any atom is -0.494 e. The Balaban J connectivity index is 2.30. The van der Waals surface area contributed by atoms with E-state index in [9.17, 15) is 14.6 Å². The minimum absolute atomic E-state index is 0.135. The Hall–Kier alpha value is -2.43. The maximum Gasteiger partial charge on any atom is 0.199 e. The van der Waals surface area contributed by atoms with Gasteiger partial charge in [-0.3, -0.25) is 4.98 Å². The Morgan fingerprint density at radius 3 is 2.56 bits per heavy atom. The number of aryl methyl sites for hydroxylation is 1. The molecule has 0 spiro atoms. The molecular weight excluding hydrogens is 235 g/mol. The van der Waals surface area contributed by atoms with Gasteiger partial charge in [-0.2, -0.15) is 0 Å².